The van der Waals surface area contributed by atoms with Crippen LogP contribution in [-0.4, -0.2) is 12.9 Å². The molecule has 1 aromatic rings. The van der Waals surface area contributed by atoms with Gasteiger partial charge in [0.1, 0.15) is 5.75 Å². The van der Waals surface area contributed by atoms with Gasteiger partial charge in [0.25, 0.3) is 0 Å². The van der Waals surface area contributed by atoms with Crippen LogP contribution >= 0.6 is 0 Å². The molecule has 0 heterocycles. The van der Waals surface area contributed by atoms with Gasteiger partial charge in [0.05, 0.1) is 18.2 Å². The van der Waals surface area contributed by atoms with Crippen molar-refractivity contribution in [3.8, 4) is 5.75 Å². The molecule has 94 valence electrons. The van der Waals surface area contributed by atoms with E-state index in [1.54, 1.807) is 6.92 Å². The van der Waals surface area contributed by atoms with Crippen LogP contribution in [0.4, 0.5) is 13.2 Å². The molecule has 0 aliphatic rings. The summed E-state index contributed by atoms with van der Waals surface area (Å²) in [5.74, 6) is -0.626. The first-order chi connectivity index (χ1) is 7.82. The maximum Gasteiger partial charge on any atom is 0.417 e. The predicted octanol–water partition coefficient (Wildman–Crippen LogP) is 3.48. The molecule has 5 heteroatoms. The molecule has 0 fully saturated rings. The molecule has 0 aliphatic heterocycles. The molecule has 17 heavy (non-hydrogen) atoms. The van der Waals surface area contributed by atoms with Crippen LogP contribution in [0, 0.1) is 0 Å². The molecule has 1 aromatic carbocycles. The highest BCUT2D eigenvalue weighted by atomic mass is 19.4. The van der Waals surface area contributed by atoms with E-state index in [1.807, 2.05) is 0 Å². The number of carbonyl (C=O) groups excluding carboxylic acids is 1. The van der Waals surface area contributed by atoms with Crippen molar-refractivity contribution in [2.45, 2.75) is 26.4 Å². The Morgan fingerprint density at radius 1 is 1.35 bits per heavy atom. The minimum Gasteiger partial charge on any atom is -0.496 e. The zero-order valence-corrected chi connectivity index (χ0v) is 9.81. The lowest BCUT2D eigenvalue weighted by Crippen LogP contribution is -2.14. The number of Topliss-reactive ketones (excluding diaryl/α,β-unsaturated/α-hetero) is 1. The molecule has 0 aliphatic carbocycles. The smallest absolute Gasteiger partial charge is 0.417 e. The van der Waals surface area contributed by atoms with Gasteiger partial charge in [-0.25, -0.2) is 0 Å². The SMILES string of the molecule is CCc1ccc(C(F)(F)F)c(C(C)=O)c1OC. The lowest BCUT2D eigenvalue weighted by Gasteiger charge is -2.17. The summed E-state index contributed by atoms with van der Waals surface area (Å²) in [5.41, 5.74) is -0.746. The van der Waals surface area contributed by atoms with Gasteiger partial charge in [0.15, 0.2) is 5.78 Å². The van der Waals surface area contributed by atoms with E-state index in [9.17, 15) is 18.0 Å². The third-order valence-electron chi connectivity index (χ3n) is 2.48. The quantitative estimate of drug-likeness (QED) is 0.763. The molecular formula is C12H13F3O2. The average Bonchev–Trinajstić information content (AvgIpc) is 2.25. The number of rotatable bonds is 3. The van der Waals surface area contributed by atoms with Gasteiger partial charge in [-0.2, -0.15) is 13.2 Å². The Morgan fingerprint density at radius 3 is 2.29 bits per heavy atom. The Balaban J connectivity index is 3.59. The summed E-state index contributed by atoms with van der Waals surface area (Å²) in [7, 11) is 1.26. The highest BCUT2D eigenvalue weighted by molar-refractivity contribution is 5.99. The second kappa shape index (κ2) is 4.77. The minimum atomic E-state index is -4.56. The van der Waals surface area contributed by atoms with Crippen molar-refractivity contribution < 1.29 is 22.7 Å². The number of ether oxygens (including phenoxy) is 1. The van der Waals surface area contributed by atoms with Crippen molar-refractivity contribution in [2.24, 2.45) is 0 Å². The number of benzene rings is 1. The van der Waals surface area contributed by atoms with Crippen LogP contribution in [0.25, 0.3) is 0 Å². The summed E-state index contributed by atoms with van der Waals surface area (Å²) in [6, 6.07) is 2.27. The van der Waals surface area contributed by atoms with Crippen molar-refractivity contribution in [1.82, 2.24) is 0 Å². The van der Waals surface area contributed by atoms with Crippen molar-refractivity contribution in [3.63, 3.8) is 0 Å². The van der Waals surface area contributed by atoms with Crippen LogP contribution in [0.1, 0.15) is 35.3 Å². The Kier molecular flexibility index (Phi) is 3.80. The number of halogens is 3. The lowest BCUT2D eigenvalue weighted by molar-refractivity contribution is -0.138. The lowest BCUT2D eigenvalue weighted by atomic mass is 9.97. The Morgan fingerprint density at radius 2 is 1.94 bits per heavy atom. The maximum atomic E-state index is 12.8. The van der Waals surface area contributed by atoms with Crippen LogP contribution in [0.5, 0.6) is 5.75 Å². The van der Waals surface area contributed by atoms with Crippen LogP contribution < -0.4 is 4.74 Å². The molecule has 2 nitrogen and oxygen atoms in total. The van der Waals surface area contributed by atoms with E-state index >= 15 is 0 Å². The fourth-order valence-corrected chi connectivity index (χ4v) is 1.72. The van der Waals surface area contributed by atoms with Crippen molar-refractivity contribution in [1.29, 1.82) is 0 Å². The van der Waals surface area contributed by atoms with Gasteiger partial charge in [-0.05, 0) is 25.0 Å². The normalized spacial score (nSPS) is 11.4. The number of hydrogen-bond acceptors (Lipinski definition) is 2. The molecule has 1 rings (SSSR count). The van der Waals surface area contributed by atoms with Crippen LogP contribution in [0.3, 0.4) is 0 Å². The largest absolute Gasteiger partial charge is 0.496 e. The van der Waals surface area contributed by atoms with E-state index in [1.165, 1.54) is 13.2 Å². The topological polar surface area (TPSA) is 26.3 Å². The third-order valence-corrected chi connectivity index (χ3v) is 2.48. The Bertz CT molecular complexity index is 436. The van der Waals surface area contributed by atoms with E-state index < -0.39 is 17.5 Å². The highest BCUT2D eigenvalue weighted by Gasteiger charge is 2.36. The number of hydrogen-bond donors (Lipinski definition) is 0. The number of carbonyl (C=O) groups is 1. The van der Waals surface area contributed by atoms with Gasteiger partial charge in [-0.1, -0.05) is 13.0 Å². The van der Waals surface area contributed by atoms with Crippen LogP contribution in [0.15, 0.2) is 12.1 Å². The molecular weight excluding hydrogens is 233 g/mol. The zero-order chi connectivity index (χ0) is 13.2. The summed E-state index contributed by atoms with van der Waals surface area (Å²) < 4.78 is 43.2. The van der Waals surface area contributed by atoms with Gasteiger partial charge >= 0.3 is 6.18 Å². The van der Waals surface area contributed by atoms with E-state index in [2.05, 4.69) is 0 Å². The van der Waals surface area contributed by atoms with Gasteiger partial charge in [-0.15, -0.1) is 0 Å². The molecule has 0 bridgehead atoms. The first kappa shape index (κ1) is 13.5. The summed E-state index contributed by atoms with van der Waals surface area (Å²) in [6.07, 6.45) is -4.05. The third kappa shape index (κ3) is 2.60. The summed E-state index contributed by atoms with van der Waals surface area (Å²) in [6.45, 7) is 2.89. The molecule has 0 N–H and O–H groups in total. The van der Waals surface area contributed by atoms with E-state index in [0.29, 0.717) is 12.0 Å². The van der Waals surface area contributed by atoms with E-state index in [0.717, 1.165) is 13.0 Å². The second-order valence-corrected chi connectivity index (χ2v) is 3.59. The number of alkyl halides is 3. The molecule has 0 unspecified atom stereocenters. The fraction of sp³-hybridized carbons (Fsp3) is 0.417. The Hall–Kier alpha value is -1.52. The highest BCUT2D eigenvalue weighted by Crippen LogP contribution is 2.38. The van der Waals surface area contributed by atoms with Crippen LogP contribution in [-0.2, 0) is 12.6 Å². The second-order valence-electron chi connectivity index (χ2n) is 3.59. The first-order valence-corrected chi connectivity index (χ1v) is 5.10. The van der Waals surface area contributed by atoms with Gasteiger partial charge < -0.3 is 4.74 Å². The summed E-state index contributed by atoms with van der Waals surface area (Å²) >= 11 is 0. The molecule has 0 spiro atoms. The van der Waals surface area contributed by atoms with Crippen LogP contribution in [0.2, 0.25) is 0 Å². The first-order valence-electron chi connectivity index (χ1n) is 5.10. The monoisotopic (exact) mass is 246 g/mol. The molecule has 0 amide bonds. The summed E-state index contributed by atoms with van der Waals surface area (Å²) in [4.78, 5) is 11.4. The van der Waals surface area contributed by atoms with E-state index in [-0.39, 0.29) is 11.3 Å². The van der Waals surface area contributed by atoms with Gasteiger partial charge in [0.2, 0.25) is 0 Å². The average molecular weight is 246 g/mol. The minimum absolute atomic E-state index is 0.0230. The molecule has 0 saturated heterocycles. The number of aryl methyl sites for hydroxylation is 1. The molecule has 0 radical (unpaired) electrons. The van der Waals surface area contributed by atoms with Gasteiger partial charge in [0, 0.05) is 0 Å². The zero-order valence-electron chi connectivity index (χ0n) is 9.81. The molecule has 0 atom stereocenters. The van der Waals surface area contributed by atoms with E-state index in [4.69, 9.17) is 4.74 Å². The summed E-state index contributed by atoms with van der Waals surface area (Å²) in [5, 5.41) is 0. The van der Waals surface area contributed by atoms with Crippen molar-refractivity contribution >= 4 is 5.78 Å². The molecule has 0 saturated carbocycles. The number of methoxy groups -OCH3 is 1. The Labute approximate surface area is 97.4 Å². The molecule has 0 aromatic heterocycles. The van der Waals surface area contributed by atoms with Gasteiger partial charge in [-0.3, -0.25) is 4.79 Å². The predicted molar refractivity (Wildman–Crippen MR) is 57.4 cm³/mol. The fourth-order valence-electron chi connectivity index (χ4n) is 1.72. The maximum absolute atomic E-state index is 12.8. The number of ketones is 1. The van der Waals surface area contributed by atoms with Crippen molar-refractivity contribution in [3.05, 3.63) is 28.8 Å². The standard InChI is InChI=1S/C12H13F3O2/c1-4-8-5-6-9(12(13,14)15)10(7(2)16)11(8)17-3/h5-6H,4H2,1-3H3. The van der Waals surface area contributed by atoms with Crippen molar-refractivity contribution in [2.75, 3.05) is 7.11 Å².